The lowest BCUT2D eigenvalue weighted by Gasteiger charge is -2.27. The molecule has 0 aliphatic heterocycles. The number of amides is 1. The van der Waals surface area contributed by atoms with E-state index in [1.54, 1.807) is 0 Å². The molecule has 1 amide bonds. The minimum Gasteiger partial charge on any atom is -0.394 e. The van der Waals surface area contributed by atoms with Gasteiger partial charge in [-0.15, -0.1) is 0 Å². The van der Waals surface area contributed by atoms with Gasteiger partial charge in [-0.1, -0.05) is 289 Å². The first-order chi connectivity index (χ1) is 32.0. The predicted molar refractivity (Wildman–Crippen MR) is 284 cm³/mol. The van der Waals surface area contributed by atoms with Crippen LogP contribution in [0.25, 0.3) is 0 Å². The smallest absolute Gasteiger partial charge is 0.249 e. The summed E-state index contributed by atoms with van der Waals surface area (Å²) in [7, 11) is 0. The number of allylic oxidation sites excluding steroid dienone is 4. The molecule has 0 aromatic heterocycles. The first kappa shape index (κ1) is 63.8. The van der Waals surface area contributed by atoms with Crippen LogP contribution in [-0.4, -0.2) is 57.3 Å². The summed E-state index contributed by atoms with van der Waals surface area (Å²) in [4.78, 5) is 12.6. The van der Waals surface area contributed by atoms with E-state index in [1.807, 2.05) is 0 Å². The summed E-state index contributed by atoms with van der Waals surface area (Å²) < 4.78 is 0. The average molecular weight is 919 g/mol. The second-order valence-electron chi connectivity index (χ2n) is 20.3. The molecule has 65 heavy (non-hydrogen) atoms. The van der Waals surface area contributed by atoms with Crippen LogP contribution in [0.3, 0.4) is 0 Å². The van der Waals surface area contributed by atoms with Gasteiger partial charge >= 0.3 is 0 Å². The van der Waals surface area contributed by atoms with Crippen LogP contribution in [0.5, 0.6) is 0 Å². The maximum Gasteiger partial charge on any atom is 0.249 e. The summed E-state index contributed by atoms with van der Waals surface area (Å²) in [6.45, 7) is 4.08. The lowest BCUT2D eigenvalue weighted by atomic mass is 10.00. The van der Waals surface area contributed by atoms with Crippen molar-refractivity contribution >= 4 is 5.91 Å². The number of unbranched alkanes of at least 4 members (excludes halogenated alkanes) is 41. The fourth-order valence-corrected chi connectivity index (χ4v) is 9.31. The summed E-state index contributed by atoms with van der Waals surface area (Å²) in [5.41, 5.74) is 0. The van der Waals surface area contributed by atoms with E-state index in [9.17, 15) is 25.2 Å². The highest BCUT2D eigenvalue weighted by molar-refractivity contribution is 5.80. The van der Waals surface area contributed by atoms with E-state index in [2.05, 4.69) is 43.5 Å². The van der Waals surface area contributed by atoms with E-state index in [-0.39, 0.29) is 0 Å². The van der Waals surface area contributed by atoms with Gasteiger partial charge in [0.25, 0.3) is 0 Å². The zero-order chi connectivity index (χ0) is 47.4. The molecule has 4 unspecified atom stereocenters. The van der Waals surface area contributed by atoms with Crippen molar-refractivity contribution < 1.29 is 25.2 Å². The third-order valence-corrected chi connectivity index (χ3v) is 13.9. The zero-order valence-electron chi connectivity index (χ0n) is 43.8. The SMILES string of the molecule is CCCCCCCCCCCCCCCCCCCC/C=C/CC/C=C/CCCC(O)C(O)C(CO)NC(=O)C(O)CCCCCCCCCCCCCCCCCCCCCCCC. The Morgan fingerprint density at radius 2 is 0.646 bits per heavy atom. The predicted octanol–water partition coefficient (Wildman–Crippen LogP) is 17.0. The van der Waals surface area contributed by atoms with Crippen LogP contribution in [0.15, 0.2) is 24.3 Å². The van der Waals surface area contributed by atoms with Gasteiger partial charge in [-0.3, -0.25) is 4.79 Å². The molecular formula is C59H115NO5. The van der Waals surface area contributed by atoms with Gasteiger partial charge in [-0.2, -0.15) is 0 Å². The van der Waals surface area contributed by atoms with Crippen LogP contribution in [0.2, 0.25) is 0 Å². The van der Waals surface area contributed by atoms with E-state index in [1.165, 1.54) is 244 Å². The molecule has 0 aromatic carbocycles. The van der Waals surface area contributed by atoms with E-state index < -0.39 is 36.9 Å². The molecule has 6 heteroatoms. The molecular weight excluding hydrogens is 803 g/mol. The summed E-state index contributed by atoms with van der Waals surface area (Å²) in [6, 6.07) is -1.01. The first-order valence-electron chi connectivity index (χ1n) is 29.2. The van der Waals surface area contributed by atoms with Crippen molar-refractivity contribution in [3.05, 3.63) is 24.3 Å². The Hall–Kier alpha value is -1.21. The maximum atomic E-state index is 12.6. The van der Waals surface area contributed by atoms with Gasteiger partial charge in [-0.05, 0) is 51.4 Å². The number of carbonyl (C=O) groups excluding carboxylic acids is 1. The van der Waals surface area contributed by atoms with Crippen LogP contribution < -0.4 is 5.32 Å². The van der Waals surface area contributed by atoms with Crippen molar-refractivity contribution in [2.45, 2.75) is 340 Å². The van der Waals surface area contributed by atoms with Crippen molar-refractivity contribution in [2.75, 3.05) is 6.61 Å². The van der Waals surface area contributed by atoms with Gasteiger partial charge in [0.05, 0.1) is 18.8 Å². The van der Waals surface area contributed by atoms with Crippen molar-refractivity contribution in [3.8, 4) is 0 Å². The molecule has 0 bridgehead atoms. The Bertz CT molecular complexity index is 986. The molecule has 386 valence electrons. The van der Waals surface area contributed by atoms with Crippen LogP contribution in [0.1, 0.15) is 316 Å². The van der Waals surface area contributed by atoms with Gasteiger partial charge in [-0.25, -0.2) is 0 Å². The number of hydrogen-bond donors (Lipinski definition) is 5. The molecule has 0 saturated heterocycles. The minimum absolute atomic E-state index is 0.365. The summed E-state index contributed by atoms with van der Waals surface area (Å²) in [6.07, 6.45) is 65.4. The van der Waals surface area contributed by atoms with Crippen LogP contribution >= 0.6 is 0 Å². The monoisotopic (exact) mass is 918 g/mol. The molecule has 0 heterocycles. The Kier molecular flexibility index (Phi) is 52.7. The zero-order valence-corrected chi connectivity index (χ0v) is 43.8. The van der Waals surface area contributed by atoms with Gasteiger partial charge < -0.3 is 25.7 Å². The number of nitrogens with one attached hydrogen (secondary N) is 1. The molecule has 0 saturated carbocycles. The lowest BCUT2D eigenvalue weighted by Crippen LogP contribution is -2.53. The molecule has 4 atom stereocenters. The van der Waals surface area contributed by atoms with Crippen molar-refractivity contribution in [3.63, 3.8) is 0 Å². The second kappa shape index (κ2) is 53.7. The summed E-state index contributed by atoms with van der Waals surface area (Å²) in [5.74, 6) is -0.591. The maximum absolute atomic E-state index is 12.6. The van der Waals surface area contributed by atoms with Crippen molar-refractivity contribution in [1.29, 1.82) is 0 Å². The van der Waals surface area contributed by atoms with E-state index in [0.29, 0.717) is 19.3 Å². The topological polar surface area (TPSA) is 110 Å². The van der Waals surface area contributed by atoms with Crippen LogP contribution in [0.4, 0.5) is 0 Å². The number of aliphatic hydroxyl groups is 4. The van der Waals surface area contributed by atoms with E-state index in [0.717, 1.165) is 38.5 Å². The number of aliphatic hydroxyl groups excluding tert-OH is 4. The van der Waals surface area contributed by atoms with E-state index in [4.69, 9.17) is 0 Å². The molecule has 0 rings (SSSR count). The fraction of sp³-hybridized carbons (Fsp3) is 0.915. The highest BCUT2D eigenvalue weighted by Gasteiger charge is 2.28. The quantitative estimate of drug-likeness (QED) is 0.0308. The molecule has 0 radical (unpaired) electrons. The number of carbonyl (C=O) groups is 1. The fourth-order valence-electron chi connectivity index (χ4n) is 9.31. The Balaban J connectivity index is 3.65. The lowest BCUT2D eigenvalue weighted by molar-refractivity contribution is -0.132. The minimum atomic E-state index is -1.29. The van der Waals surface area contributed by atoms with Crippen LogP contribution in [-0.2, 0) is 4.79 Å². The van der Waals surface area contributed by atoms with Crippen LogP contribution in [0, 0.1) is 0 Å². The van der Waals surface area contributed by atoms with E-state index >= 15 is 0 Å². The molecule has 0 aliphatic carbocycles. The highest BCUT2D eigenvalue weighted by Crippen LogP contribution is 2.18. The average Bonchev–Trinajstić information content (AvgIpc) is 3.31. The second-order valence-corrected chi connectivity index (χ2v) is 20.3. The standard InChI is InChI=1S/C59H115NO5/c1-3-5-7-9-11-13-15-17-19-21-23-25-27-28-29-30-31-33-34-36-38-40-42-44-46-48-50-52-56(62)58(64)55(54-61)60-59(65)57(63)53-51-49-47-45-43-41-39-37-35-32-26-24-22-20-18-16-14-12-10-8-6-4-2/h36,38,44,46,55-58,61-64H,3-35,37,39-43,45,47-54H2,1-2H3,(H,60,65)/b38-36+,46-44+. The van der Waals surface area contributed by atoms with Crippen molar-refractivity contribution in [1.82, 2.24) is 5.32 Å². The normalized spacial score (nSPS) is 13.9. The number of rotatable bonds is 54. The largest absolute Gasteiger partial charge is 0.394 e. The Labute approximate surface area is 405 Å². The third kappa shape index (κ3) is 47.6. The van der Waals surface area contributed by atoms with Gasteiger partial charge in [0.1, 0.15) is 12.2 Å². The van der Waals surface area contributed by atoms with Gasteiger partial charge in [0, 0.05) is 0 Å². The Morgan fingerprint density at radius 3 is 0.969 bits per heavy atom. The molecule has 0 aliphatic rings. The first-order valence-corrected chi connectivity index (χ1v) is 29.2. The molecule has 5 N–H and O–H groups in total. The van der Waals surface area contributed by atoms with Gasteiger partial charge in [0.15, 0.2) is 0 Å². The third-order valence-electron chi connectivity index (χ3n) is 13.9. The molecule has 0 fully saturated rings. The Morgan fingerprint density at radius 1 is 0.369 bits per heavy atom. The van der Waals surface area contributed by atoms with Gasteiger partial charge in [0.2, 0.25) is 5.91 Å². The number of hydrogen-bond acceptors (Lipinski definition) is 5. The van der Waals surface area contributed by atoms with Crippen molar-refractivity contribution in [2.24, 2.45) is 0 Å². The molecule has 6 nitrogen and oxygen atoms in total. The molecule has 0 aromatic rings. The summed E-state index contributed by atoms with van der Waals surface area (Å²) >= 11 is 0. The molecule has 0 spiro atoms. The summed E-state index contributed by atoms with van der Waals surface area (Å²) in [5, 5.41) is 44.0. The highest BCUT2D eigenvalue weighted by atomic mass is 16.3.